The van der Waals surface area contributed by atoms with E-state index in [1.165, 1.54) is 16.4 Å². The van der Waals surface area contributed by atoms with E-state index in [0.717, 1.165) is 12.0 Å². The number of hydrogen-bond acceptors (Lipinski definition) is 6. The lowest BCUT2D eigenvalue weighted by Gasteiger charge is -2.26. The monoisotopic (exact) mass is 474 g/mol. The quantitative estimate of drug-likeness (QED) is 0.561. The second-order valence-corrected chi connectivity index (χ2v) is 9.91. The number of morpholine rings is 1. The fraction of sp³-hybridized carbons (Fsp3) is 0.417. The van der Waals surface area contributed by atoms with Crippen molar-refractivity contribution in [3.63, 3.8) is 0 Å². The van der Waals surface area contributed by atoms with Crippen molar-refractivity contribution in [2.75, 3.05) is 38.2 Å². The number of ether oxygens (including phenoxy) is 2. The number of amides is 1. The van der Waals surface area contributed by atoms with Gasteiger partial charge in [-0.3, -0.25) is 9.59 Å². The summed E-state index contributed by atoms with van der Waals surface area (Å²) in [5, 5.41) is 2.61. The Morgan fingerprint density at radius 2 is 1.79 bits per heavy atom. The van der Waals surface area contributed by atoms with Crippen molar-refractivity contribution in [3.8, 4) is 0 Å². The predicted molar refractivity (Wildman–Crippen MR) is 124 cm³/mol. The minimum absolute atomic E-state index is 0.0463. The molecule has 0 radical (unpaired) electrons. The van der Waals surface area contributed by atoms with Gasteiger partial charge < -0.3 is 14.8 Å². The number of carbonyl (C=O) groups excluding carboxylic acids is 2. The molecule has 1 heterocycles. The maximum Gasteiger partial charge on any atom is 0.314 e. The first-order valence-electron chi connectivity index (χ1n) is 11.0. The van der Waals surface area contributed by atoms with Crippen molar-refractivity contribution in [1.29, 1.82) is 0 Å². The molecule has 0 spiro atoms. The number of carbonyl (C=O) groups is 2. The number of nitrogens with one attached hydrogen (secondary N) is 1. The Morgan fingerprint density at radius 3 is 2.45 bits per heavy atom. The minimum Gasteiger partial charge on any atom is -0.455 e. The molecule has 3 rings (SSSR count). The first-order valence-corrected chi connectivity index (χ1v) is 12.5. The summed E-state index contributed by atoms with van der Waals surface area (Å²) in [6, 6.07) is 15.4. The maximum absolute atomic E-state index is 12.8. The molecule has 0 aliphatic carbocycles. The van der Waals surface area contributed by atoms with Gasteiger partial charge in [0.15, 0.2) is 6.61 Å². The first-order chi connectivity index (χ1) is 15.8. The zero-order valence-corrected chi connectivity index (χ0v) is 19.7. The Bertz CT molecular complexity index is 1050. The Balaban J connectivity index is 1.62. The number of nitrogens with zero attached hydrogens (tertiary/aromatic N) is 1. The van der Waals surface area contributed by atoms with Crippen LogP contribution in [-0.2, 0) is 29.1 Å². The number of sulfonamides is 1. The molecule has 2 aromatic rings. The molecule has 0 aromatic heterocycles. The Kier molecular flexibility index (Phi) is 8.60. The smallest absolute Gasteiger partial charge is 0.314 e. The maximum atomic E-state index is 12.8. The van der Waals surface area contributed by atoms with E-state index >= 15 is 0 Å². The third kappa shape index (κ3) is 6.40. The van der Waals surface area contributed by atoms with Gasteiger partial charge in [0.2, 0.25) is 10.0 Å². The largest absolute Gasteiger partial charge is 0.455 e. The van der Waals surface area contributed by atoms with Crippen LogP contribution in [0, 0.1) is 5.92 Å². The van der Waals surface area contributed by atoms with Crippen LogP contribution in [0.4, 0.5) is 5.69 Å². The molecule has 178 valence electrons. The summed E-state index contributed by atoms with van der Waals surface area (Å²) in [4.78, 5) is 25.3. The topological polar surface area (TPSA) is 102 Å². The van der Waals surface area contributed by atoms with E-state index in [0.29, 0.717) is 18.9 Å². The summed E-state index contributed by atoms with van der Waals surface area (Å²) < 4.78 is 37.6. The standard InChI is InChI=1S/C24H30N2O6S/c1-3-18(2)23(19-8-5-4-6-9-19)24(28)32-17-22(27)25-20-10-7-11-21(16-20)33(29,30)26-12-14-31-15-13-26/h4-11,16,18,23H,3,12-15,17H2,1-2H3,(H,25,27). The molecular formula is C24H30N2O6S. The fourth-order valence-corrected chi connectivity index (χ4v) is 5.14. The molecule has 1 aliphatic heterocycles. The lowest BCUT2D eigenvalue weighted by Crippen LogP contribution is -2.40. The molecule has 1 amide bonds. The van der Waals surface area contributed by atoms with Crippen LogP contribution < -0.4 is 5.32 Å². The van der Waals surface area contributed by atoms with Gasteiger partial charge in [-0.25, -0.2) is 8.42 Å². The first kappa shape index (κ1) is 24.9. The predicted octanol–water partition coefficient (Wildman–Crippen LogP) is 3.02. The molecule has 33 heavy (non-hydrogen) atoms. The summed E-state index contributed by atoms with van der Waals surface area (Å²) in [7, 11) is -3.68. The Hall–Kier alpha value is -2.75. The van der Waals surface area contributed by atoms with E-state index in [-0.39, 0.29) is 23.9 Å². The number of benzene rings is 2. The summed E-state index contributed by atoms with van der Waals surface area (Å²) >= 11 is 0. The third-order valence-electron chi connectivity index (χ3n) is 5.70. The highest BCUT2D eigenvalue weighted by molar-refractivity contribution is 7.89. The molecule has 9 heteroatoms. The SMILES string of the molecule is CCC(C)C(C(=O)OCC(=O)Nc1cccc(S(=O)(=O)N2CCOCC2)c1)c1ccccc1. The molecule has 0 saturated carbocycles. The van der Waals surface area contributed by atoms with Crippen LogP contribution in [0.2, 0.25) is 0 Å². The number of hydrogen-bond donors (Lipinski definition) is 1. The van der Waals surface area contributed by atoms with Gasteiger partial charge in [0, 0.05) is 18.8 Å². The molecule has 1 N–H and O–H groups in total. The van der Waals surface area contributed by atoms with Gasteiger partial charge in [0.1, 0.15) is 0 Å². The van der Waals surface area contributed by atoms with E-state index in [9.17, 15) is 18.0 Å². The average Bonchev–Trinajstić information content (AvgIpc) is 2.84. The van der Waals surface area contributed by atoms with Gasteiger partial charge in [-0.2, -0.15) is 4.31 Å². The highest BCUT2D eigenvalue weighted by Gasteiger charge is 2.28. The Labute approximate surface area is 194 Å². The van der Waals surface area contributed by atoms with Gasteiger partial charge in [-0.15, -0.1) is 0 Å². The van der Waals surface area contributed by atoms with E-state index in [2.05, 4.69) is 5.32 Å². The Morgan fingerprint density at radius 1 is 1.09 bits per heavy atom. The van der Waals surface area contributed by atoms with Gasteiger partial charge in [-0.1, -0.05) is 56.7 Å². The van der Waals surface area contributed by atoms with Crippen LogP contribution in [0.5, 0.6) is 0 Å². The average molecular weight is 475 g/mol. The second kappa shape index (κ2) is 11.4. The van der Waals surface area contributed by atoms with Crippen LogP contribution in [-0.4, -0.2) is 57.5 Å². The normalized spacial score (nSPS) is 16.5. The number of anilines is 1. The van der Waals surface area contributed by atoms with Crippen molar-refractivity contribution < 1.29 is 27.5 Å². The molecule has 2 atom stereocenters. The molecule has 8 nitrogen and oxygen atoms in total. The fourth-order valence-electron chi connectivity index (χ4n) is 3.69. The van der Waals surface area contributed by atoms with Crippen LogP contribution in [0.3, 0.4) is 0 Å². The minimum atomic E-state index is -3.68. The van der Waals surface area contributed by atoms with E-state index < -0.39 is 34.4 Å². The van der Waals surface area contributed by atoms with Crippen LogP contribution in [0.15, 0.2) is 59.5 Å². The molecule has 1 aliphatic rings. The van der Waals surface area contributed by atoms with Gasteiger partial charge in [0.05, 0.1) is 24.0 Å². The second-order valence-electron chi connectivity index (χ2n) is 7.97. The molecule has 2 unspecified atom stereocenters. The number of esters is 1. The third-order valence-corrected chi connectivity index (χ3v) is 7.59. The molecular weight excluding hydrogens is 444 g/mol. The molecule has 0 bridgehead atoms. The zero-order chi connectivity index (χ0) is 23.8. The highest BCUT2D eigenvalue weighted by atomic mass is 32.2. The van der Waals surface area contributed by atoms with Crippen molar-refractivity contribution in [2.24, 2.45) is 5.92 Å². The summed E-state index contributed by atoms with van der Waals surface area (Å²) in [6.45, 7) is 4.78. The van der Waals surface area contributed by atoms with Crippen molar-refractivity contribution >= 4 is 27.6 Å². The lowest BCUT2D eigenvalue weighted by molar-refractivity contribution is -0.150. The van der Waals surface area contributed by atoms with Crippen molar-refractivity contribution in [1.82, 2.24) is 4.31 Å². The lowest BCUT2D eigenvalue weighted by atomic mass is 9.86. The summed E-state index contributed by atoms with van der Waals surface area (Å²) in [6.07, 6.45) is 0.783. The summed E-state index contributed by atoms with van der Waals surface area (Å²) in [5.74, 6) is -1.43. The van der Waals surface area contributed by atoms with E-state index in [4.69, 9.17) is 9.47 Å². The van der Waals surface area contributed by atoms with Crippen LogP contribution in [0.1, 0.15) is 31.7 Å². The molecule has 2 aromatic carbocycles. The summed E-state index contributed by atoms with van der Waals surface area (Å²) in [5.41, 5.74) is 1.16. The van der Waals surface area contributed by atoms with Crippen LogP contribution in [0.25, 0.3) is 0 Å². The van der Waals surface area contributed by atoms with Crippen molar-refractivity contribution in [2.45, 2.75) is 31.1 Å². The molecule has 1 fully saturated rings. The van der Waals surface area contributed by atoms with E-state index in [1.807, 2.05) is 44.2 Å². The van der Waals surface area contributed by atoms with Gasteiger partial charge in [0.25, 0.3) is 5.91 Å². The number of rotatable bonds is 9. The van der Waals surface area contributed by atoms with Crippen LogP contribution >= 0.6 is 0 Å². The van der Waals surface area contributed by atoms with Gasteiger partial charge >= 0.3 is 5.97 Å². The van der Waals surface area contributed by atoms with E-state index in [1.54, 1.807) is 12.1 Å². The van der Waals surface area contributed by atoms with Crippen molar-refractivity contribution in [3.05, 3.63) is 60.2 Å². The highest BCUT2D eigenvalue weighted by Crippen LogP contribution is 2.28. The molecule has 1 saturated heterocycles. The zero-order valence-electron chi connectivity index (χ0n) is 18.9. The van der Waals surface area contributed by atoms with Gasteiger partial charge in [-0.05, 0) is 29.7 Å².